The normalized spacial score (nSPS) is 20.7. The van der Waals surface area contributed by atoms with Crippen LogP contribution in [0.5, 0.6) is 0 Å². The minimum absolute atomic E-state index is 0.0276. The summed E-state index contributed by atoms with van der Waals surface area (Å²) in [7, 11) is 0. The third-order valence-corrected chi connectivity index (χ3v) is 8.67. The van der Waals surface area contributed by atoms with Crippen molar-refractivity contribution in [3.05, 3.63) is 102 Å². The van der Waals surface area contributed by atoms with E-state index in [-0.39, 0.29) is 17.5 Å². The van der Waals surface area contributed by atoms with Crippen molar-refractivity contribution in [2.75, 3.05) is 5.32 Å². The van der Waals surface area contributed by atoms with Crippen LogP contribution >= 0.6 is 0 Å². The maximum Gasteiger partial charge on any atom is 0.342 e. The van der Waals surface area contributed by atoms with Crippen molar-refractivity contribution in [1.82, 2.24) is 5.01 Å². The number of carbonyl (C=O) groups is 1. The highest BCUT2D eigenvalue weighted by Crippen LogP contribution is 2.46. The Morgan fingerprint density at radius 1 is 0.722 bits per heavy atom. The van der Waals surface area contributed by atoms with E-state index in [9.17, 15) is 4.79 Å². The van der Waals surface area contributed by atoms with Gasteiger partial charge >= 0.3 is 6.03 Å². The van der Waals surface area contributed by atoms with Crippen LogP contribution in [0.2, 0.25) is 0 Å². The van der Waals surface area contributed by atoms with Gasteiger partial charge in [0, 0.05) is 16.9 Å². The minimum atomic E-state index is -0.0924. The summed E-state index contributed by atoms with van der Waals surface area (Å²) in [5.74, 6) is 0.423. The van der Waals surface area contributed by atoms with E-state index in [2.05, 4.69) is 78.1 Å². The van der Waals surface area contributed by atoms with Gasteiger partial charge in [0.15, 0.2) is 0 Å². The van der Waals surface area contributed by atoms with Gasteiger partial charge in [-0.15, -0.1) is 0 Å². The predicted octanol–water partition coefficient (Wildman–Crippen LogP) is 7.75. The zero-order valence-electron chi connectivity index (χ0n) is 20.9. The standard InChI is InChI=1S/C32H35N3O/c36-31-33-29-19-11-10-18-28(29)30(24-12-4-1-5-13-24)34-35(31)27-20-22-32(23-21-27,25-14-6-2-7-15-25)26-16-8-3-9-17-26/h2-3,6-11,14-19,24,27H,1,4-5,12-13,20-23H2,(H,33,36). The van der Waals surface area contributed by atoms with Crippen molar-refractivity contribution in [3.8, 4) is 0 Å². The van der Waals surface area contributed by atoms with Gasteiger partial charge < -0.3 is 5.32 Å². The molecule has 1 N–H and O–H groups in total. The molecule has 0 unspecified atom stereocenters. The molecule has 0 saturated heterocycles. The van der Waals surface area contributed by atoms with Crippen LogP contribution in [0.25, 0.3) is 0 Å². The van der Waals surface area contributed by atoms with Crippen molar-refractivity contribution in [1.29, 1.82) is 0 Å². The zero-order chi connectivity index (χ0) is 24.4. The molecular formula is C32H35N3O. The first kappa shape index (κ1) is 23.0. The first-order valence-corrected chi connectivity index (χ1v) is 13.6. The van der Waals surface area contributed by atoms with E-state index >= 15 is 0 Å². The van der Waals surface area contributed by atoms with Gasteiger partial charge in [-0.05, 0) is 55.7 Å². The van der Waals surface area contributed by atoms with Gasteiger partial charge in [-0.2, -0.15) is 5.10 Å². The molecular weight excluding hydrogens is 442 g/mol. The number of nitrogens with zero attached hydrogens (tertiary/aromatic N) is 2. The summed E-state index contributed by atoms with van der Waals surface area (Å²) in [6.07, 6.45) is 9.95. The number of urea groups is 1. The highest BCUT2D eigenvalue weighted by molar-refractivity contribution is 6.10. The smallest absolute Gasteiger partial charge is 0.306 e. The van der Waals surface area contributed by atoms with Crippen molar-refractivity contribution >= 4 is 17.4 Å². The molecule has 1 heterocycles. The number of para-hydroxylation sites is 1. The topological polar surface area (TPSA) is 44.7 Å². The van der Waals surface area contributed by atoms with E-state index in [1.807, 2.05) is 17.1 Å². The molecule has 2 saturated carbocycles. The monoisotopic (exact) mass is 477 g/mol. The minimum Gasteiger partial charge on any atom is -0.306 e. The fraction of sp³-hybridized carbons (Fsp3) is 0.375. The number of benzene rings is 3. The third kappa shape index (κ3) is 4.23. The average molecular weight is 478 g/mol. The van der Waals surface area contributed by atoms with Crippen LogP contribution in [0.3, 0.4) is 0 Å². The summed E-state index contributed by atoms with van der Waals surface area (Å²) >= 11 is 0. The second kappa shape index (κ2) is 9.93. The molecule has 0 aromatic heterocycles. The molecule has 3 aromatic rings. The summed E-state index contributed by atoms with van der Waals surface area (Å²) < 4.78 is 0. The second-order valence-corrected chi connectivity index (χ2v) is 10.7. The van der Waals surface area contributed by atoms with Gasteiger partial charge in [-0.3, -0.25) is 0 Å². The second-order valence-electron chi connectivity index (χ2n) is 10.7. The molecule has 184 valence electrons. The first-order chi connectivity index (χ1) is 17.7. The maximum atomic E-state index is 13.5. The quantitative estimate of drug-likeness (QED) is 0.410. The molecule has 0 spiro atoms. The first-order valence-electron chi connectivity index (χ1n) is 13.6. The Morgan fingerprint density at radius 2 is 1.31 bits per heavy atom. The molecule has 4 nitrogen and oxygen atoms in total. The average Bonchev–Trinajstić information content (AvgIpc) is 3.10. The maximum absolute atomic E-state index is 13.5. The third-order valence-electron chi connectivity index (χ3n) is 8.67. The molecule has 2 aliphatic carbocycles. The largest absolute Gasteiger partial charge is 0.342 e. The Bertz CT molecular complexity index is 1180. The van der Waals surface area contributed by atoms with Crippen LogP contribution in [0, 0.1) is 5.92 Å². The molecule has 3 aromatic carbocycles. The Kier molecular flexibility index (Phi) is 6.35. The number of hydrogen-bond acceptors (Lipinski definition) is 2. The van der Waals surface area contributed by atoms with E-state index in [1.165, 1.54) is 30.4 Å². The van der Waals surface area contributed by atoms with E-state index < -0.39 is 0 Å². The van der Waals surface area contributed by atoms with Gasteiger partial charge in [0.2, 0.25) is 0 Å². The van der Waals surface area contributed by atoms with E-state index in [0.29, 0.717) is 5.92 Å². The van der Waals surface area contributed by atoms with Crippen molar-refractivity contribution in [3.63, 3.8) is 0 Å². The molecule has 1 aliphatic heterocycles. The number of nitrogens with one attached hydrogen (secondary N) is 1. The lowest BCUT2D eigenvalue weighted by Gasteiger charge is -2.43. The predicted molar refractivity (Wildman–Crippen MR) is 146 cm³/mol. The molecule has 4 heteroatoms. The molecule has 36 heavy (non-hydrogen) atoms. The molecule has 0 bridgehead atoms. The van der Waals surface area contributed by atoms with Gasteiger partial charge in [0.25, 0.3) is 0 Å². The number of rotatable bonds is 4. The van der Waals surface area contributed by atoms with Crippen LogP contribution in [-0.2, 0) is 5.41 Å². The summed E-state index contributed by atoms with van der Waals surface area (Å²) in [6.45, 7) is 0. The Balaban J connectivity index is 1.32. The molecule has 3 aliphatic rings. The zero-order valence-corrected chi connectivity index (χ0v) is 20.9. The number of carbonyl (C=O) groups excluding carboxylic acids is 1. The SMILES string of the molecule is O=C1Nc2ccccc2C(C2CCCCC2)=NN1C1CCC(c2ccccc2)(c2ccccc2)CC1. The lowest BCUT2D eigenvalue weighted by Crippen LogP contribution is -2.44. The summed E-state index contributed by atoms with van der Waals surface area (Å²) in [4.78, 5) is 13.5. The van der Waals surface area contributed by atoms with Crippen molar-refractivity contribution in [2.24, 2.45) is 11.0 Å². The Morgan fingerprint density at radius 3 is 1.94 bits per heavy atom. The number of hydrazone groups is 1. The number of hydrogen-bond donors (Lipinski definition) is 1. The van der Waals surface area contributed by atoms with Crippen LogP contribution in [0.1, 0.15) is 74.5 Å². The van der Waals surface area contributed by atoms with Gasteiger partial charge in [-0.25, -0.2) is 9.80 Å². The molecule has 6 rings (SSSR count). The highest BCUT2D eigenvalue weighted by atomic mass is 16.2. The number of fused-ring (bicyclic) bond motifs is 1. The van der Waals surface area contributed by atoms with E-state index in [1.54, 1.807) is 0 Å². The summed E-state index contributed by atoms with van der Waals surface area (Å²) in [5, 5.41) is 10.2. The van der Waals surface area contributed by atoms with Gasteiger partial charge in [0.1, 0.15) is 0 Å². The number of anilines is 1. The van der Waals surface area contributed by atoms with Gasteiger partial charge in [0.05, 0.1) is 17.4 Å². The fourth-order valence-corrected chi connectivity index (χ4v) is 6.73. The van der Waals surface area contributed by atoms with E-state index in [0.717, 1.165) is 55.5 Å². The van der Waals surface area contributed by atoms with Crippen molar-refractivity contribution in [2.45, 2.75) is 69.2 Å². The molecule has 0 radical (unpaired) electrons. The summed E-state index contributed by atoms with van der Waals surface area (Å²) in [5.41, 5.74) is 5.81. The Labute approximate surface area is 214 Å². The molecule has 0 atom stereocenters. The van der Waals surface area contributed by atoms with Crippen LogP contribution < -0.4 is 5.32 Å². The highest BCUT2D eigenvalue weighted by Gasteiger charge is 2.41. The lowest BCUT2D eigenvalue weighted by atomic mass is 9.64. The van der Waals surface area contributed by atoms with Crippen molar-refractivity contribution < 1.29 is 4.79 Å². The number of amides is 2. The lowest BCUT2D eigenvalue weighted by molar-refractivity contribution is 0.154. The molecule has 2 fully saturated rings. The fourth-order valence-electron chi connectivity index (χ4n) is 6.73. The summed E-state index contributed by atoms with van der Waals surface area (Å²) in [6, 6.07) is 30.0. The Hall–Kier alpha value is -3.40. The van der Waals surface area contributed by atoms with E-state index in [4.69, 9.17) is 5.10 Å². The molecule has 2 amide bonds. The van der Waals surface area contributed by atoms with Gasteiger partial charge in [-0.1, -0.05) is 98.1 Å². The van der Waals surface area contributed by atoms with Crippen LogP contribution in [-0.4, -0.2) is 22.8 Å². The van der Waals surface area contributed by atoms with Crippen LogP contribution in [0.15, 0.2) is 90.0 Å². The van der Waals surface area contributed by atoms with Crippen LogP contribution in [0.4, 0.5) is 10.5 Å².